The molecule has 1 aromatic rings. The number of urea groups is 1. The van der Waals surface area contributed by atoms with Crippen LogP contribution in [0.25, 0.3) is 0 Å². The van der Waals surface area contributed by atoms with E-state index in [1.165, 1.54) is 24.1 Å². The second-order valence-electron chi connectivity index (χ2n) is 4.42. The smallest absolute Gasteiger partial charge is 0.315 e. The molecule has 0 bridgehead atoms. The fourth-order valence-corrected chi connectivity index (χ4v) is 2.39. The van der Waals surface area contributed by atoms with Gasteiger partial charge >= 0.3 is 6.03 Å². The van der Waals surface area contributed by atoms with Crippen molar-refractivity contribution >= 4 is 6.03 Å². The van der Waals surface area contributed by atoms with Gasteiger partial charge in [-0.05, 0) is 38.2 Å². The maximum Gasteiger partial charge on any atom is 0.315 e. The van der Waals surface area contributed by atoms with E-state index in [9.17, 15) is 4.79 Å². The van der Waals surface area contributed by atoms with E-state index in [4.69, 9.17) is 0 Å². The highest BCUT2D eigenvalue weighted by atomic mass is 16.2. The number of aromatic nitrogens is 2. The van der Waals surface area contributed by atoms with Gasteiger partial charge in [-0.25, -0.2) is 4.79 Å². The van der Waals surface area contributed by atoms with Gasteiger partial charge in [0.05, 0.1) is 12.2 Å². The van der Waals surface area contributed by atoms with Crippen molar-refractivity contribution in [2.24, 2.45) is 7.05 Å². The summed E-state index contributed by atoms with van der Waals surface area (Å²) in [5, 5.41) is 10.1. The van der Waals surface area contributed by atoms with Gasteiger partial charge in [-0.3, -0.25) is 4.68 Å². The third kappa shape index (κ3) is 2.60. The first-order valence-corrected chi connectivity index (χ1v) is 6.27. The van der Waals surface area contributed by atoms with Gasteiger partial charge < -0.3 is 10.6 Å². The molecule has 0 unspecified atom stereocenters. The molecule has 2 N–H and O–H groups in total. The highest BCUT2D eigenvalue weighted by Gasteiger charge is 2.19. The molecule has 2 rings (SSSR count). The van der Waals surface area contributed by atoms with Crippen LogP contribution >= 0.6 is 0 Å². The molecule has 1 aliphatic rings. The quantitative estimate of drug-likeness (QED) is 0.826. The summed E-state index contributed by atoms with van der Waals surface area (Å²) in [5.41, 5.74) is 3.70. The van der Waals surface area contributed by atoms with E-state index in [0.717, 1.165) is 18.5 Å². The zero-order valence-electron chi connectivity index (χ0n) is 10.5. The largest absolute Gasteiger partial charge is 0.338 e. The molecule has 0 fully saturated rings. The monoisotopic (exact) mass is 236 g/mol. The van der Waals surface area contributed by atoms with E-state index < -0.39 is 0 Å². The van der Waals surface area contributed by atoms with Crippen molar-refractivity contribution in [3.63, 3.8) is 0 Å². The maximum atomic E-state index is 11.3. The van der Waals surface area contributed by atoms with E-state index in [2.05, 4.69) is 15.7 Å². The Bertz CT molecular complexity index is 411. The summed E-state index contributed by atoms with van der Waals surface area (Å²) < 4.78 is 1.96. The Hall–Kier alpha value is -1.52. The van der Waals surface area contributed by atoms with Crippen molar-refractivity contribution in [3.8, 4) is 0 Å². The van der Waals surface area contributed by atoms with Gasteiger partial charge in [0.2, 0.25) is 0 Å². The lowest BCUT2D eigenvalue weighted by Crippen LogP contribution is -2.35. The van der Waals surface area contributed by atoms with Gasteiger partial charge in [-0.15, -0.1) is 0 Å². The lowest BCUT2D eigenvalue weighted by atomic mass is 9.96. The molecule has 1 aliphatic carbocycles. The number of fused-ring (bicyclic) bond motifs is 1. The molecule has 0 saturated carbocycles. The van der Waals surface area contributed by atoms with Crippen molar-refractivity contribution < 1.29 is 4.79 Å². The Kier molecular flexibility index (Phi) is 3.66. The predicted octanol–water partition coefficient (Wildman–Crippen LogP) is 1.12. The third-order valence-electron chi connectivity index (χ3n) is 3.20. The van der Waals surface area contributed by atoms with Crippen LogP contribution in [0, 0.1) is 0 Å². The number of carbonyl (C=O) groups excluding carboxylic acids is 1. The molecule has 5 nitrogen and oxygen atoms in total. The first-order valence-electron chi connectivity index (χ1n) is 6.27. The zero-order valence-corrected chi connectivity index (χ0v) is 10.5. The summed E-state index contributed by atoms with van der Waals surface area (Å²) in [6, 6.07) is -0.122. The molecule has 0 atom stereocenters. The Balaban J connectivity index is 2.04. The standard InChI is InChI=1S/C12H20N4O/c1-3-13-12(17)14-8-10-9-6-4-5-7-11(9)16(2)15-10/h3-8H2,1-2H3,(H2,13,14,17). The van der Waals surface area contributed by atoms with Crippen LogP contribution in [-0.4, -0.2) is 22.4 Å². The number of rotatable bonds is 3. The highest BCUT2D eigenvalue weighted by Crippen LogP contribution is 2.23. The average molecular weight is 236 g/mol. The second kappa shape index (κ2) is 5.21. The number of carbonyl (C=O) groups is 1. The minimum Gasteiger partial charge on any atom is -0.338 e. The summed E-state index contributed by atoms with van der Waals surface area (Å²) in [4.78, 5) is 11.3. The van der Waals surface area contributed by atoms with Crippen molar-refractivity contribution in [3.05, 3.63) is 17.0 Å². The molecule has 94 valence electrons. The summed E-state index contributed by atoms with van der Waals surface area (Å²) >= 11 is 0. The number of nitrogens with zero attached hydrogens (tertiary/aromatic N) is 2. The van der Waals surface area contributed by atoms with Crippen molar-refractivity contribution in [1.82, 2.24) is 20.4 Å². The van der Waals surface area contributed by atoms with Crippen LogP contribution in [-0.2, 0) is 26.4 Å². The van der Waals surface area contributed by atoms with E-state index in [1.54, 1.807) is 0 Å². The molecule has 17 heavy (non-hydrogen) atoms. The molecule has 0 aromatic carbocycles. The third-order valence-corrected chi connectivity index (χ3v) is 3.20. The Morgan fingerprint density at radius 1 is 1.35 bits per heavy atom. The molecule has 0 aliphatic heterocycles. The first kappa shape index (κ1) is 12.0. The Morgan fingerprint density at radius 3 is 2.88 bits per heavy atom. The van der Waals surface area contributed by atoms with Crippen molar-refractivity contribution in [2.45, 2.75) is 39.2 Å². The second-order valence-corrected chi connectivity index (χ2v) is 4.42. The topological polar surface area (TPSA) is 59.0 Å². The Labute approximate surface area is 102 Å². The number of aryl methyl sites for hydroxylation is 1. The number of nitrogens with one attached hydrogen (secondary N) is 2. The minimum atomic E-state index is -0.122. The van der Waals surface area contributed by atoms with Gasteiger partial charge in [0.25, 0.3) is 0 Å². The number of hydrogen-bond donors (Lipinski definition) is 2. The van der Waals surface area contributed by atoms with Crippen LogP contribution in [0.1, 0.15) is 36.7 Å². The summed E-state index contributed by atoms with van der Waals surface area (Å²) in [6.07, 6.45) is 4.68. The summed E-state index contributed by atoms with van der Waals surface area (Å²) in [5.74, 6) is 0. The molecule has 5 heteroatoms. The number of hydrogen-bond acceptors (Lipinski definition) is 2. The fraction of sp³-hybridized carbons (Fsp3) is 0.667. The van der Waals surface area contributed by atoms with Crippen LogP contribution < -0.4 is 10.6 Å². The predicted molar refractivity (Wildman–Crippen MR) is 65.8 cm³/mol. The normalized spacial score (nSPS) is 14.2. The Morgan fingerprint density at radius 2 is 2.12 bits per heavy atom. The van der Waals surface area contributed by atoms with Crippen LogP contribution in [0.15, 0.2) is 0 Å². The van der Waals surface area contributed by atoms with Crippen molar-refractivity contribution in [2.75, 3.05) is 6.54 Å². The van der Waals surface area contributed by atoms with E-state index >= 15 is 0 Å². The highest BCUT2D eigenvalue weighted by molar-refractivity contribution is 5.73. The molecule has 1 aromatic heterocycles. The van der Waals surface area contributed by atoms with Gasteiger partial charge in [0.15, 0.2) is 0 Å². The number of amides is 2. The van der Waals surface area contributed by atoms with Crippen LogP contribution in [0.3, 0.4) is 0 Å². The van der Waals surface area contributed by atoms with E-state index in [-0.39, 0.29) is 6.03 Å². The van der Waals surface area contributed by atoms with Crippen LogP contribution in [0.2, 0.25) is 0 Å². The molecule has 0 spiro atoms. The first-order chi connectivity index (χ1) is 8.22. The zero-order chi connectivity index (χ0) is 12.3. The maximum absolute atomic E-state index is 11.3. The van der Waals surface area contributed by atoms with Crippen molar-refractivity contribution in [1.29, 1.82) is 0 Å². The molecule has 1 heterocycles. The van der Waals surface area contributed by atoms with Crippen LogP contribution in [0.5, 0.6) is 0 Å². The van der Waals surface area contributed by atoms with Gasteiger partial charge in [-0.2, -0.15) is 5.10 Å². The molecular weight excluding hydrogens is 216 g/mol. The molecule has 2 amide bonds. The molecule has 0 radical (unpaired) electrons. The lowest BCUT2D eigenvalue weighted by molar-refractivity contribution is 0.241. The van der Waals surface area contributed by atoms with Crippen LogP contribution in [0.4, 0.5) is 4.79 Å². The van der Waals surface area contributed by atoms with E-state index in [1.807, 2.05) is 18.7 Å². The van der Waals surface area contributed by atoms with Gasteiger partial charge in [0, 0.05) is 19.3 Å². The molecule has 0 saturated heterocycles. The lowest BCUT2D eigenvalue weighted by Gasteiger charge is -2.12. The summed E-state index contributed by atoms with van der Waals surface area (Å²) in [7, 11) is 1.99. The van der Waals surface area contributed by atoms with Gasteiger partial charge in [0.1, 0.15) is 0 Å². The van der Waals surface area contributed by atoms with Gasteiger partial charge in [-0.1, -0.05) is 0 Å². The minimum absolute atomic E-state index is 0.122. The average Bonchev–Trinajstić information content (AvgIpc) is 2.65. The molecular formula is C12H20N4O. The summed E-state index contributed by atoms with van der Waals surface area (Å²) in [6.45, 7) is 3.07. The SMILES string of the molecule is CCNC(=O)NCc1nn(C)c2c1CCCC2. The van der Waals surface area contributed by atoms with E-state index in [0.29, 0.717) is 13.1 Å². The fourth-order valence-electron chi connectivity index (χ4n) is 2.39.